The van der Waals surface area contributed by atoms with Crippen molar-refractivity contribution in [3.63, 3.8) is 0 Å². The van der Waals surface area contributed by atoms with E-state index in [4.69, 9.17) is 5.73 Å². The zero-order valence-electron chi connectivity index (χ0n) is 10.5. The summed E-state index contributed by atoms with van der Waals surface area (Å²) >= 11 is 0. The Hall–Kier alpha value is -2.43. The minimum absolute atomic E-state index is 0.183. The molecule has 0 aliphatic rings. The molecule has 0 aliphatic heterocycles. The minimum atomic E-state index is -0.271. The molecule has 0 unspecified atom stereocenters. The molecule has 1 amide bonds. The number of nitrogens with one attached hydrogen (secondary N) is 1. The lowest BCUT2D eigenvalue weighted by Crippen LogP contribution is -2.14. The molecule has 3 N–H and O–H groups in total. The topological polar surface area (TPSA) is 68.0 Å². The predicted octanol–water partition coefficient (Wildman–Crippen LogP) is 2.29. The number of anilines is 2. The zero-order valence-corrected chi connectivity index (χ0v) is 10.5. The van der Waals surface area contributed by atoms with Crippen molar-refractivity contribution in [2.24, 2.45) is 0 Å². The highest BCUT2D eigenvalue weighted by atomic mass is 19.1. The Morgan fingerprint density at radius 3 is 2.79 bits per heavy atom. The largest absolute Gasteiger partial charge is 0.384 e. The molecule has 0 bridgehead atoms. The van der Waals surface area contributed by atoms with Gasteiger partial charge in [-0.2, -0.15) is 0 Å². The number of carbonyl (C=O) groups excluding carboxylic acids is 1. The maximum absolute atomic E-state index is 13.1. The molecule has 1 aromatic carbocycles. The quantitative estimate of drug-likeness (QED) is 0.888. The minimum Gasteiger partial charge on any atom is -0.384 e. The van der Waals surface area contributed by atoms with Gasteiger partial charge in [-0.25, -0.2) is 9.37 Å². The fraction of sp³-hybridized carbons (Fsp3) is 0.143. The van der Waals surface area contributed by atoms with E-state index in [1.54, 1.807) is 31.2 Å². The molecule has 0 spiro atoms. The van der Waals surface area contributed by atoms with Crippen LogP contribution in [0.25, 0.3) is 0 Å². The molecular weight excluding hydrogens is 245 g/mol. The van der Waals surface area contributed by atoms with E-state index in [0.717, 1.165) is 5.56 Å². The Kier molecular flexibility index (Phi) is 3.75. The summed E-state index contributed by atoms with van der Waals surface area (Å²) in [5.41, 5.74) is 7.33. The van der Waals surface area contributed by atoms with Crippen LogP contribution in [0.3, 0.4) is 0 Å². The maximum atomic E-state index is 13.1. The van der Waals surface area contributed by atoms with E-state index in [1.165, 1.54) is 12.3 Å². The number of nitrogen functional groups attached to an aromatic ring is 1. The van der Waals surface area contributed by atoms with Crippen molar-refractivity contribution in [2.75, 3.05) is 11.1 Å². The van der Waals surface area contributed by atoms with Gasteiger partial charge in [-0.15, -0.1) is 0 Å². The predicted molar refractivity (Wildman–Crippen MR) is 72.1 cm³/mol. The second kappa shape index (κ2) is 5.48. The molecule has 0 atom stereocenters. The number of aryl methyl sites for hydroxylation is 1. The Morgan fingerprint density at radius 2 is 2.16 bits per heavy atom. The number of halogens is 1. The van der Waals surface area contributed by atoms with Crippen molar-refractivity contribution >= 4 is 17.4 Å². The standard InChI is InChI=1S/C14H14FN3O/c1-9-6-10(2-4-12(9)15)7-14(19)18-11-3-5-13(16)17-8-11/h2-6,8H,7H2,1H3,(H2,16,17)(H,18,19). The number of carbonyl (C=O) groups is 1. The first-order valence-electron chi connectivity index (χ1n) is 5.81. The highest BCUT2D eigenvalue weighted by Gasteiger charge is 2.06. The molecule has 0 fully saturated rings. The summed E-state index contributed by atoms with van der Waals surface area (Å²) in [5, 5.41) is 2.70. The molecule has 4 nitrogen and oxygen atoms in total. The fourth-order valence-corrected chi connectivity index (χ4v) is 1.69. The fourth-order valence-electron chi connectivity index (χ4n) is 1.69. The first-order valence-corrected chi connectivity index (χ1v) is 5.81. The Labute approximate surface area is 110 Å². The van der Waals surface area contributed by atoms with Crippen LogP contribution >= 0.6 is 0 Å². The van der Waals surface area contributed by atoms with Crippen molar-refractivity contribution in [3.05, 3.63) is 53.5 Å². The number of aromatic nitrogens is 1. The van der Waals surface area contributed by atoms with Crippen LogP contribution in [0.5, 0.6) is 0 Å². The van der Waals surface area contributed by atoms with Gasteiger partial charge in [-0.1, -0.05) is 12.1 Å². The van der Waals surface area contributed by atoms with Gasteiger partial charge in [0, 0.05) is 0 Å². The average molecular weight is 259 g/mol. The summed E-state index contributed by atoms with van der Waals surface area (Å²) in [5.74, 6) is -0.0587. The van der Waals surface area contributed by atoms with Crippen molar-refractivity contribution < 1.29 is 9.18 Å². The monoisotopic (exact) mass is 259 g/mol. The van der Waals surface area contributed by atoms with Crippen LogP contribution in [0, 0.1) is 12.7 Å². The van der Waals surface area contributed by atoms with Gasteiger partial charge >= 0.3 is 0 Å². The molecule has 0 aliphatic carbocycles. The summed E-state index contributed by atoms with van der Waals surface area (Å²) < 4.78 is 13.1. The van der Waals surface area contributed by atoms with Crippen molar-refractivity contribution in [1.29, 1.82) is 0 Å². The molecule has 2 rings (SSSR count). The van der Waals surface area contributed by atoms with Crippen LogP contribution < -0.4 is 11.1 Å². The van der Waals surface area contributed by atoms with Gasteiger partial charge in [0.25, 0.3) is 0 Å². The smallest absolute Gasteiger partial charge is 0.228 e. The highest BCUT2D eigenvalue weighted by molar-refractivity contribution is 5.92. The summed E-state index contributed by atoms with van der Waals surface area (Å²) in [6.07, 6.45) is 1.68. The van der Waals surface area contributed by atoms with Gasteiger partial charge in [0.05, 0.1) is 18.3 Å². The van der Waals surface area contributed by atoms with Gasteiger partial charge in [0.2, 0.25) is 5.91 Å². The average Bonchev–Trinajstić information content (AvgIpc) is 2.37. The molecule has 0 radical (unpaired) electrons. The van der Waals surface area contributed by atoms with E-state index in [1.807, 2.05) is 0 Å². The van der Waals surface area contributed by atoms with Gasteiger partial charge in [-0.05, 0) is 36.2 Å². The van der Waals surface area contributed by atoms with Crippen LogP contribution in [-0.2, 0) is 11.2 Å². The number of benzene rings is 1. The van der Waals surface area contributed by atoms with Crippen LogP contribution in [0.15, 0.2) is 36.5 Å². The van der Waals surface area contributed by atoms with E-state index in [0.29, 0.717) is 17.1 Å². The third-order valence-electron chi connectivity index (χ3n) is 2.66. The number of nitrogens with two attached hydrogens (primary N) is 1. The molecule has 2 aromatic rings. The Morgan fingerprint density at radius 1 is 1.37 bits per heavy atom. The molecule has 0 saturated heterocycles. The van der Waals surface area contributed by atoms with Crippen molar-refractivity contribution in [3.8, 4) is 0 Å². The molecule has 1 heterocycles. The van der Waals surface area contributed by atoms with E-state index in [9.17, 15) is 9.18 Å². The van der Waals surface area contributed by atoms with Gasteiger partial charge in [0.15, 0.2) is 0 Å². The van der Waals surface area contributed by atoms with Crippen molar-refractivity contribution in [2.45, 2.75) is 13.3 Å². The molecule has 0 saturated carbocycles. The summed E-state index contributed by atoms with van der Waals surface area (Å²) in [6.45, 7) is 1.67. The SMILES string of the molecule is Cc1cc(CC(=O)Nc2ccc(N)nc2)ccc1F. The molecular formula is C14H14FN3O. The second-order valence-corrected chi connectivity index (χ2v) is 4.28. The molecule has 98 valence electrons. The molecule has 19 heavy (non-hydrogen) atoms. The number of hydrogen-bond acceptors (Lipinski definition) is 3. The number of hydrogen-bond donors (Lipinski definition) is 2. The van der Waals surface area contributed by atoms with Crippen LogP contribution in [-0.4, -0.2) is 10.9 Å². The lowest BCUT2D eigenvalue weighted by Gasteiger charge is -2.06. The third kappa shape index (κ3) is 3.51. The van der Waals surface area contributed by atoms with E-state index < -0.39 is 0 Å². The Bertz CT molecular complexity index is 596. The molecule has 1 aromatic heterocycles. The van der Waals surface area contributed by atoms with Gasteiger partial charge in [-0.3, -0.25) is 4.79 Å². The summed E-state index contributed by atoms with van der Waals surface area (Å²) in [7, 11) is 0. The third-order valence-corrected chi connectivity index (χ3v) is 2.66. The summed E-state index contributed by atoms with van der Waals surface area (Å²) in [4.78, 5) is 15.7. The zero-order chi connectivity index (χ0) is 13.8. The van der Waals surface area contributed by atoms with Gasteiger partial charge in [0.1, 0.15) is 11.6 Å². The number of amides is 1. The number of pyridine rings is 1. The van der Waals surface area contributed by atoms with E-state index >= 15 is 0 Å². The number of nitrogens with zero attached hydrogens (tertiary/aromatic N) is 1. The van der Waals surface area contributed by atoms with E-state index in [2.05, 4.69) is 10.3 Å². The molecule has 5 heteroatoms. The summed E-state index contributed by atoms with van der Waals surface area (Å²) in [6, 6.07) is 7.91. The normalized spacial score (nSPS) is 10.2. The second-order valence-electron chi connectivity index (χ2n) is 4.28. The number of rotatable bonds is 3. The first-order chi connectivity index (χ1) is 9.04. The van der Waals surface area contributed by atoms with Crippen LogP contribution in [0.4, 0.5) is 15.9 Å². The highest BCUT2D eigenvalue weighted by Crippen LogP contribution is 2.11. The maximum Gasteiger partial charge on any atom is 0.228 e. The van der Waals surface area contributed by atoms with Crippen LogP contribution in [0.1, 0.15) is 11.1 Å². The first kappa shape index (κ1) is 13.0. The van der Waals surface area contributed by atoms with Crippen LogP contribution in [0.2, 0.25) is 0 Å². The van der Waals surface area contributed by atoms with E-state index in [-0.39, 0.29) is 18.1 Å². The van der Waals surface area contributed by atoms with Crippen molar-refractivity contribution in [1.82, 2.24) is 4.98 Å². The van der Waals surface area contributed by atoms with Gasteiger partial charge < -0.3 is 11.1 Å². The lowest BCUT2D eigenvalue weighted by atomic mass is 10.1. The Balaban J connectivity index is 2.01. The lowest BCUT2D eigenvalue weighted by molar-refractivity contribution is -0.115.